The number of nitrogens with one attached hydrogen (secondary N) is 2. The maximum absolute atomic E-state index is 12.8. The molecule has 2 N–H and O–H groups in total. The molecule has 3 aromatic heterocycles. The van der Waals surface area contributed by atoms with Crippen LogP contribution in [0.3, 0.4) is 0 Å². The first-order valence-corrected chi connectivity index (χ1v) is 10.7. The fourth-order valence-electron chi connectivity index (χ4n) is 3.11. The summed E-state index contributed by atoms with van der Waals surface area (Å²) in [5.74, 6) is 0.757. The fraction of sp³-hybridized carbons (Fsp3) is 0.136. The number of benzene rings is 1. The lowest BCUT2D eigenvalue weighted by Crippen LogP contribution is -2.23. The molecular weight excluding hydrogens is 449 g/mol. The zero-order chi connectivity index (χ0) is 22.1. The van der Waals surface area contributed by atoms with Gasteiger partial charge in [-0.05, 0) is 49.2 Å². The molecule has 0 unspecified atom stereocenters. The van der Waals surface area contributed by atoms with Gasteiger partial charge in [-0.15, -0.1) is 0 Å². The predicted octanol–water partition coefficient (Wildman–Crippen LogP) is 4.71. The van der Waals surface area contributed by atoms with Crippen molar-refractivity contribution in [1.29, 1.82) is 0 Å². The molecule has 32 heavy (non-hydrogen) atoms. The lowest BCUT2D eigenvalue weighted by atomic mass is 10.2. The molecule has 0 saturated heterocycles. The summed E-state index contributed by atoms with van der Waals surface area (Å²) in [6, 6.07) is 12.9. The second kappa shape index (κ2) is 8.57. The SMILES string of the molecule is O=c1c(Cl)c(NC2CC2)cnn1-c1cc(-c2ccnc(Nc3cccc(Cl)c3)n2)ccn1. The highest BCUT2D eigenvalue weighted by Crippen LogP contribution is 2.27. The highest BCUT2D eigenvalue weighted by Gasteiger charge is 2.23. The van der Waals surface area contributed by atoms with Gasteiger partial charge in [-0.25, -0.2) is 15.0 Å². The van der Waals surface area contributed by atoms with E-state index in [2.05, 4.69) is 30.7 Å². The summed E-state index contributed by atoms with van der Waals surface area (Å²) in [6.07, 6.45) is 6.92. The van der Waals surface area contributed by atoms with Gasteiger partial charge in [0, 0.05) is 34.7 Å². The molecule has 1 saturated carbocycles. The van der Waals surface area contributed by atoms with E-state index < -0.39 is 5.56 Å². The van der Waals surface area contributed by atoms with Crippen molar-refractivity contribution in [3.8, 4) is 17.1 Å². The van der Waals surface area contributed by atoms with Crippen LogP contribution in [0, 0.1) is 0 Å². The van der Waals surface area contributed by atoms with Gasteiger partial charge < -0.3 is 10.6 Å². The van der Waals surface area contributed by atoms with Crippen LogP contribution in [0.4, 0.5) is 17.3 Å². The number of halogens is 2. The number of aromatic nitrogens is 5. The molecule has 1 aliphatic rings. The van der Waals surface area contributed by atoms with Gasteiger partial charge in [-0.3, -0.25) is 4.79 Å². The van der Waals surface area contributed by atoms with Crippen LogP contribution in [0.5, 0.6) is 0 Å². The highest BCUT2D eigenvalue weighted by atomic mass is 35.5. The fourth-order valence-corrected chi connectivity index (χ4v) is 3.49. The summed E-state index contributed by atoms with van der Waals surface area (Å²) in [4.78, 5) is 25.9. The van der Waals surface area contributed by atoms with Gasteiger partial charge in [0.05, 0.1) is 17.6 Å². The molecule has 160 valence electrons. The summed E-state index contributed by atoms with van der Waals surface area (Å²) in [5.41, 5.74) is 2.28. The summed E-state index contributed by atoms with van der Waals surface area (Å²) in [6.45, 7) is 0. The second-order valence-electron chi connectivity index (χ2n) is 7.31. The van der Waals surface area contributed by atoms with Crippen molar-refractivity contribution in [2.45, 2.75) is 18.9 Å². The molecule has 1 fully saturated rings. The Bertz CT molecular complexity index is 1350. The van der Waals surface area contributed by atoms with E-state index in [1.165, 1.54) is 4.68 Å². The first kappa shape index (κ1) is 20.4. The first-order chi connectivity index (χ1) is 15.6. The predicted molar refractivity (Wildman–Crippen MR) is 125 cm³/mol. The minimum absolute atomic E-state index is 0.0918. The standard InChI is InChI=1S/C22H17Cl2N7O/c23-14-2-1-3-16(11-14)29-22-26-9-7-17(30-22)13-6-8-25-19(10-13)31-21(32)20(24)18(12-27-31)28-15-4-5-15/h1-3,6-12,15,28H,4-5H2,(H,26,29,30). The van der Waals surface area contributed by atoms with Crippen LogP contribution in [-0.4, -0.2) is 30.8 Å². The topological polar surface area (TPSA) is 97.6 Å². The molecule has 1 aliphatic carbocycles. The van der Waals surface area contributed by atoms with Crippen molar-refractivity contribution in [1.82, 2.24) is 24.7 Å². The van der Waals surface area contributed by atoms with Crippen LogP contribution in [0.1, 0.15) is 12.8 Å². The monoisotopic (exact) mass is 465 g/mol. The summed E-state index contributed by atoms with van der Waals surface area (Å²) in [5, 5.41) is 11.3. The highest BCUT2D eigenvalue weighted by molar-refractivity contribution is 6.33. The third kappa shape index (κ3) is 4.42. The third-order valence-corrected chi connectivity index (χ3v) is 5.45. The largest absolute Gasteiger partial charge is 0.380 e. The molecular formula is C22H17Cl2N7O. The van der Waals surface area contributed by atoms with Gasteiger partial charge in [0.1, 0.15) is 5.02 Å². The quantitative estimate of drug-likeness (QED) is 0.425. The first-order valence-electron chi connectivity index (χ1n) is 9.93. The second-order valence-corrected chi connectivity index (χ2v) is 8.13. The lowest BCUT2D eigenvalue weighted by Gasteiger charge is -2.10. The van der Waals surface area contributed by atoms with Crippen molar-refractivity contribution < 1.29 is 0 Å². The van der Waals surface area contributed by atoms with Gasteiger partial charge in [0.25, 0.3) is 5.56 Å². The van der Waals surface area contributed by atoms with Crippen LogP contribution in [0.15, 0.2) is 65.8 Å². The van der Waals surface area contributed by atoms with Gasteiger partial charge in [-0.1, -0.05) is 29.3 Å². The maximum atomic E-state index is 12.8. The van der Waals surface area contributed by atoms with E-state index in [-0.39, 0.29) is 5.02 Å². The molecule has 0 spiro atoms. The van der Waals surface area contributed by atoms with Crippen molar-refractivity contribution in [2.75, 3.05) is 10.6 Å². The zero-order valence-electron chi connectivity index (χ0n) is 16.7. The molecule has 0 atom stereocenters. The molecule has 0 aliphatic heterocycles. The normalized spacial score (nSPS) is 13.1. The van der Waals surface area contributed by atoms with Crippen molar-refractivity contribution in [3.63, 3.8) is 0 Å². The molecule has 1 aromatic carbocycles. The van der Waals surface area contributed by atoms with Crippen molar-refractivity contribution in [3.05, 3.63) is 81.5 Å². The minimum atomic E-state index is -0.437. The van der Waals surface area contributed by atoms with Gasteiger partial charge in [0.2, 0.25) is 5.95 Å². The van der Waals surface area contributed by atoms with E-state index in [0.717, 1.165) is 24.1 Å². The van der Waals surface area contributed by atoms with Gasteiger partial charge in [-0.2, -0.15) is 9.78 Å². The molecule has 5 rings (SSSR count). The van der Waals surface area contributed by atoms with Crippen LogP contribution < -0.4 is 16.2 Å². The Morgan fingerprint density at radius 1 is 1.03 bits per heavy atom. The molecule has 10 heteroatoms. The molecule has 4 aromatic rings. The number of nitrogens with zero attached hydrogens (tertiary/aromatic N) is 5. The van der Waals surface area contributed by atoms with E-state index in [9.17, 15) is 4.79 Å². The van der Waals surface area contributed by atoms with Crippen LogP contribution >= 0.6 is 23.2 Å². The van der Waals surface area contributed by atoms with Gasteiger partial charge in [0.15, 0.2) is 5.82 Å². The number of anilines is 3. The average Bonchev–Trinajstić information content (AvgIpc) is 3.62. The van der Waals surface area contributed by atoms with Crippen LogP contribution in [0.2, 0.25) is 10.0 Å². The molecule has 8 nitrogen and oxygen atoms in total. The Morgan fingerprint density at radius 2 is 1.88 bits per heavy atom. The molecule has 3 heterocycles. The van der Waals surface area contributed by atoms with Crippen molar-refractivity contribution in [2.24, 2.45) is 0 Å². The molecule has 0 radical (unpaired) electrons. The van der Waals surface area contributed by atoms with Crippen molar-refractivity contribution >= 4 is 40.5 Å². The zero-order valence-corrected chi connectivity index (χ0v) is 18.2. The Kier molecular flexibility index (Phi) is 5.46. The van der Waals surface area contributed by atoms with E-state index in [4.69, 9.17) is 23.2 Å². The van der Waals surface area contributed by atoms with Crippen LogP contribution in [-0.2, 0) is 0 Å². The van der Waals surface area contributed by atoms with Crippen LogP contribution in [0.25, 0.3) is 17.1 Å². The Balaban J connectivity index is 1.44. The summed E-state index contributed by atoms with van der Waals surface area (Å²) >= 11 is 12.3. The van der Waals surface area contributed by atoms with E-state index >= 15 is 0 Å². The summed E-state index contributed by atoms with van der Waals surface area (Å²) < 4.78 is 1.18. The number of hydrogen-bond acceptors (Lipinski definition) is 7. The number of pyridine rings is 1. The third-order valence-electron chi connectivity index (χ3n) is 4.85. The Labute approximate surface area is 193 Å². The van der Waals surface area contributed by atoms with E-state index in [1.54, 1.807) is 48.9 Å². The number of hydrogen-bond donors (Lipinski definition) is 2. The smallest absolute Gasteiger partial charge is 0.293 e. The van der Waals surface area contributed by atoms with Gasteiger partial charge >= 0.3 is 0 Å². The Morgan fingerprint density at radius 3 is 2.69 bits per heavy atom. The summed E-state index contributed by atoms with van der Waals surface area (Å²) in [7, 11) is 0. The average molecular weight is 466 g/mol. The minimum Gasteiger partial charge on any atom is -0.380 e. The Hall–Kier alpha value is -3.49. The molecule has 0 amide bonds. The van der Waals surface area contributed by atoms with E-state index in [1.807, 2.05) is 12.1 Å². The molecule has 0 bridgehead atoms. The lowest BCUT2D eigenvalue weighted by molar-refractivity contribution is 0.782. The van der Waals surface area contributed by atoms with E-state index in [0.29, 0.717) is 34.2 Å². The maximum Gasteiger partial charge on any atom is 0.293 e. The number of rotatable bonds is 6.